The van der Waals surface area contributed by atoms with Gasteiger partial charge in [-0.1, -0.05) is 24.8 Å². The molecule has 0 radical (unpaired) electrons. The first-order valence-corrected chi connectivity index (χ1v) is 9.30. The highest BCUT2D eigenvalue weighted by molar-refractivity contribution is 6.21. The molecule has 1 N–H and O–H groups in total. The Bertz CT molecular complexity index is 1150. The number of nitrogens with zero attached hydrogens (tertiary/aromatic N) is 2. The van der Waals surface area contributed by atoms with E-state index in [1.165, 1.54) is 30.1 Å². The van der Waals surface area contributed by atoms with Crippen LogP contribution in [0.3, 0.4) is 0 Å². The zero-order valence-corrected chi connectivity index (χ0v) is 16.5. The Balaban J connectivity index is 1.33. The number of carbonyl (C=O) groups excluding carboxylic acids is 5. The monoisotopic (exact) mass is 419 g/mol. The molecule has 2 aliphatic rings. The molecule has 2 aliphatic heterocycles. The molecular formula is C22H17N3O6. The minimum absolute atomic E-state index is 0.188. The fourth-order valence-electron chi connectivity index (χ4n) is 3.46. The summed E-state index contributed by atoms with van der Waals surface area (Å²) in [6.07, 6.45) is 0. The first kappa shape index (κ1) is 20.0. The van der Waals surface area contributed by atoms with Crippen LogP contribution in [0, 0.1) is 0 Å². The molecule has 0 atom stereocenters. The average Bonchev–Trinajstić information content (AvgIpc) is 3.13. The van der Waals surface area contributed by atoms with Crippen molar-refractivity contribution < 1.29 is 28.7 Å². The minimum Gasteiger partial charge on any atom is -0.454 e. The van der Waals surface area contributed by atoms with Crippen LogP contribution in [0.1, 0.15) is 36.6 Å². The van der Waals surface area contributed by atoms with Gasteiger partial charge >= 0.3 is 5.97 Å². The van der Waals surface area contributed by atoms with E-state index in [1.54, 1.807) is 24.3 Å². The number of nitrogens with one attached hydrogen (secondary N) is 1. The van der Waals surface area contributed by atoms with Crippen molar-refractivity contribution in [1.29, 1.82) is 0 Å². The quantitative estimate of drug-likeness (QED) is 0.581. The lowest BCUT2D eigenvalue weighted by Gasteiger charge is -2.16. The fraction of sp³-hybridized carbons (Fsp3) is 0.136. The Labute approximate surface area is 176 Å². The zero-order chi connectivity index (χ0) is 22.3. The number of esters is 1. The van der Waals surface area contributed by atoms with Crippen molar-refractivity contribution in [3.05, 3.63) is 71.3 Å². The molecule has 0 saturated carbocycles. The smallest absolute Gasteiger partial charge is 0.326 e. The van der Waals surface area contributed by atoms with Gasteiger partial charge in [0.05, 0.1) is 11.1 Å². The third kappa shape index (κ3) is 3.46. The summed E-state index contributed by atoms with van der Waals surface area (Å²) in [6.45, 7) is 2.89. The lowest BCUT2D eigenvalue weighted by molar-refractivity contribution is -0.147. The van der Waals surface area contributed by atoms with Gasteiger partial charge < -0.3 is 10.1 Å². The number of imide groups is 1. The number of anilines is 1. The molecule has 4 rings (SSSR count). The molecule has 0 spiro atoms. The van der Waals surface area contributed by atoms with Crippen molar-refractivity contribution in [3.63, 3.8) is 0 Å². The minimum atomic E-state index is -0.770. The molecule has 0 bridgehead atoms. The number of hydrogen-bond acceptors (Lipinski definition) is 6. The Hall–Kier alpha value is -4.27. The first-order chi connectivity index (χ1) is 14.8. The van der Waals surface area contributed by atoms with E-state index in [4.69, 9.17) is 4.74 Å². The van der Waals surface area contributed by atoms with Gasteiger partial charge in [0, 0.05) is 29.6 Å². The number of rotatable bonds is 5. The number of benzene rings is 2. The highest BCUT2D eigenvalue weighted by Gasteiger charge is 2.33. The highest BCUT2D eigenvalue weighted by Crippen LogP contribution is 2.30. The third-order valence-corrected chi connectivity index (χ3v) is 5.06. The van der Waals surface area contributed by atoms with Crippen LogP contribution in [0.4, 0.5) is 5.69 Å². The van der Waals surface area contributed by atoms with Crippen LogP contribution in [0.25, 0.3) is 5.70 Å². The average molecular weight is 419 g/mol. The van der Waals surface area contributed by atoms with E-state index in [1.807, 2.05) is 0 Å². The van der Waals surface area contributed by atoms with Gasteiger partial charge in [-0.3, -0.25) is 33.8 Å². The van der Waals surface area contributed by atoms with Crippen LogP contribution in [0.2, 0.25) is 0 Å². The van der Waals surface area contributed by atoms with Gasteiger partial charge in [0.15, 0.2) is 6.61 Å². The summed E-state index contributed by atoms with van der Waals surface area (Å²) in [5.41, 5.74) is 2.22. The fourth-order valence-corrected chi connectivity index (χ4v) is 3.46. The van der Waals surface area contributed by atoms with E-state index >= 15 is 0 Å². The van der Waals surface area contributed by atoms with Gasteiger partial charge in [-0.25, -0.2) is 0 Å². The summed E-state index contributed by atoms with van der Waals surface area (Å²) in [5, 5.41) is 2.51. The molecule has 2 heterocycles. The zero-order valence-electron chi connectivity index (χ0n) is 16.5. The van der Waals surface area contributed by atoms with Gasteiger partial charge in [0.1, 0.15) is 6.54 Å². The van der Waals surface area contributed by atoms with E-state index in [9.17, 15) is 24.0 Å². The molecule has 9 nitrogen and oxygen atoms in total. The van der Waals surface area contributed by atoms with E-state index < -0.39 is 30.3 Å². The second-order valence-corrected chi connectivity index (χ2v) is 7.02. The van der Waals surface area contributed by atoms with E-state index in [-0.39, 0.29) is 29.3 Å². The van der Waals surface area contributed by atoms with E-state index in [0.717, 1.165) is 4.90 Å². The normalized spacial score (nSPS) is 14.6. The van der Waals surface area contributed by atoms with Gasteiger partial charge in [-0.05, 0) is 24.3 Å². The van der Waals surface area contributed by atoms with Crippen LogP contribution < -0.4 is 5.32 Å². The molecule has 0 aromatic heterocycles. The molecule has 9 heteroatoms. The summed E-state index contributed by atoms with van der Waals surface area (Å²) < 4.78 is 4.97. The molecule has 4 amide bonds. The maximum Gasteiger partial charge on any atom is 0.326 e. The summed E-state index contributed by atoms with van der Waals surface area (Å²) >= 11 is 0. The number of carbonyl (C=O) groups is 5. The molecule has 0 unspecified atom stereocenters. The molecule has 0 aliphatic carbocycles. The number of hydrogen-bond donors (Lipinski definition) is 1. The Morgan fingerprint density at radius 3 is 2.29 bits per heavy atom. The van der Waals surface area contributed by atoms with Crippen molar-refractivity contribution in [3.8, 4) is 0 Å². The summed E-state index contributed by atoms with van der Waals surface area (Å²) in [7, 11) is 1.38. The van der Waals surface area contributed by atoms with E-state index in [2.05, 4.69) is 11.9 Å². The van der Waals surface area contributed by atoms with Crippen molar-refractivity contribution in [2.24, 2.45) is 0 Å². The molecule has 2 aromatic carbocycles. The highest BCUT2D eigenvalue weighted by atomic mass is 16.5. The number of amides is 4. The molecule has 2 aromatic rings. The van der Waals surface area contributed by atoms with Crippen LogP contribution >= 0.6 is 0 Å². The maximum atomic E-state index is 12.4. The Kier molecular flexibility index (Phi) is 4.86. The molecule has 0 saturated heterocycles. The lowest BCUT2D eigenvalue weighted by Crippen LogP contribution is -2.32. The van der Waals surface area contributed by atoms with Crippen molar-refractivity contribution in [2.75, 3.05) is 25.5 Å². The lowest BCUT2D eigenvalue weighted by atomic mass is 10.1. The topological polar surface area (TPSA) is 113 Å². The summed E-state index contributed by atoms with van der Waals surface area (Å²) in [5.74, 6) is -2.63. The Morgan fingerprint density at radius 1 is 0.935 bits per heavy atom. The van der Waals surface area contributed by atoms with Crippen LogP contribution in [-0.2, 0) is 14.3 Å². The second kappa shape index (κ2) is 7.52. The second-order valence-electron chi connectivity index (χ2n) is 7.02. The van der Waals surface area contributed by atoms with Crippen LogP contribution in [0.15, 0.2) is 49.0 Å². The molecule has 0 fully saturated rings. The third-order valence-electron chi connectivity index (χ3n) is 5.06. The van der Waals surface area contributed by atoms with Gasteiger partial charge in [0.2, 0.25) is 0 Å². The SMILES string of the molecule is C=C1c2ccccc2C(=O)N1CC(=O)OCC(=O)Nc1ccc2c(c1)C(=O)N(C)C2=O. The molecule has 156 valence electrons. The predicted molar refractivity (Wildman–Crippen MR) is 109 cm³/mol. The molecule has 31 heavy (non-hydrogen) atoms. The van der Waals surface area contributed by atoms with Gasteiger partial charge in [-0.15, -0.1) is 0 Å². The van der Waals surface area contributed by atoms with E-state index in [0.29, 0.717) is 16.8 Å². The standard InChI is InChI=1S/C22H17N3O6/c1-12-14-5-3-4-6-15(14)22(30)25(12)10-19(27)31-11-18(26)23-13-7-8-16-17(9-13)21(29)24(2)20(16)28/h3-9H,1,10-11H2,2H3,(H,23,26). The van der Waals surface area contributed by atoms with Gasteiger partial charge in [-0.2, -0.15) is 0 Å². The number of fused-ring (bicyclic) bond motifs is 2. The van der Waals surface area contributed by atoms with Crippen molar-refractivity contribution in [2.45, 2.75) is 0 Å². The van der Waals surface area contributed by atoms with Crippen molar-refractivity contribution >= 4 is 41.0 Å². The van der Waals surface area contributed by atoms with Crippen LogP contribution in [0.5, 0.6) is 0 Å². The van der Waals surface area contributed by atoms with Crippen molar-refractivity contribution in [1.82, 2.24) is 9.80 Å². The largest absolute Gasteiger partial charge is 0.454 e. The Morgan fingerprint density at radius 2 is 1.58 bits per heavy atom. The van der Waals surface area contributed by atoms with Crippen LogP contribution in [-0.4, -0.2) is 59.6 Å². The predicted octanol–water partition coefficient (Wildman–Crippen LogP) is 1.52. The maximum absolute atomic E-state index is 12.4. The number of ether oxygens (including phenoxy) is 1. The first-order valence-electron chi connectivity index (χ1n) is 9.30. The van der Waals surface area contributed by atoms with Gasteiger partial charge in [0.25, 0.3) is 23.6 Å². The summed E-state index contributed by atoms with van der Waals surface area (Å²) in [6, 6.07) is 11.2. The summed E-state index contributed by atoms with van der Waals surface area (Å²) in [4.78, 5) is 62.8. The molecular weight excluding hydrogens is 402 g/mol.